The molecule has 0 saturated heterocycles. The van der Waals surface area contributed by atoms with E-state index in [0.717, 1.165) is 0 Å². The second-order valence-electron chi connectivity index (χ2n) is 3.74. The Kier molecular flexibility index (Phi) is 13.2. The Bertz CT molecular complexity index is 419. The van der Waals surface area contributed by atoms with E-state index in [1.54, 1.807) is 0 Å². The molecule has 0 aromatic carbocycles. The van der Waals surface area contributed by atoms with E-state index in [1.807, 2.05) is 0 Å². The summed E-state index contributed by atoms with van der Waals surface area (Å²) >= 11 is 4.29. The molecule has 0 radical (unpaired) electrons. The highest BCUT2D eigenvalue weighted by molar-refractivity contribution is 7.97. The van der Waals surface area contributed by atoms with Gasteiger partial charge in [0.05, 0.1) is 0 Å². The lowest BCUT2D eigenvalue weighted by Crippen LogP contribution is -2.41. The van der Waals surface area contributed by atoms with E-state index >= 15 is 0 Å². The summed E-state index contributed by atoms with van der Waals surface area (Å²) in [6, 6.07) is -1.92. The van der Waals surface area contributed by atoms with Gasteiger partial charge in [0.15, 0.2) is 0 Å². The summed E-state index contributed by atoms with van der Waals surface area (Å²) in [5.74, 6) is -3.00. The number of nitrogens with zero attached hydrogens (tertiary/aromatic N) is 1. The quantitative estimate of drug-likeness (QED) is 0.221. The molecule has 0 spiro atoms. The van der Waals surface area contributed by atoms with Crippen molar-refractivity contribution in [2.45, 2.75) is 25.9 Å². The molecule has 0 saturated carbocycles. The molecular formula is C10H17N3O7S2. The first-order chi connectivity index (χ1) is 10.1. The van der Waals surface area contributed by atoms with Crippen molar-refractivity contribution in [3.8, 4) is 0 Å². The molecular weight excluding hydrogens is 338 g/mol. The van der Waals surface area contributed by atoms with Gasteiger partial charge < -0.3 is 20.8 Å². The van der Waals surface area contributed by atoms with Gasteiger partial charge in [0.2, 0.25) is 11.8 Å². The molecule has 4 N–H and O–H groups in total. The number of hydrogen-bond acceptors (Lipinski definition) is 8. The Morgan fingerprint density at radius 1 is 1.05 bits per heavy atom. The molecule has 2 atom stereocenters. The van der Waals surface area contributed by atoms with Gasteiger partial charge in [-0.25, -0.2) is 9.59 Å². The van der Waals surface area contributed by atoms with Gasteiger partial charge in [0, 0.05) is 41.9 Å². The second kappa shape index (κ2) is 12.9. The van der Waals surface area contributed by atoms with Crippen molar-refractivity contribution >= 4 is 48.3 Å². The van der Waals surface area contributed by atoms with E-state index in [0.29, 0.717) is 11.9 Å². The number of carbonyl (C=O) groups excluding carboxylic acids is 2. The minimum atomic E-state index is -1.18. The Morgan fingerprint density at radius 2 is 1.45 bits per heavy atom. The molecule has 10 nitrogen and oxygen atoms in total. The maximum absolute atomic E-state index is 10.4. The van der Waals surface area contributed by atoms with Crippen LogP contribution in [0.15, 0.2) is 4.58 Å². The van der Waals surface area contributed by atoms with E-state index in [9.17, 15) is 24.1 Å². The fraction of sp³-hybridized carbons (Fsp3) is 0.600. The summed E-state index contributed by atoms with van der Waals surface area (Å²) in [4.78, 5) is 50.9. The second-order valence-corrected chi connectivity index (χ2v) is 4.84. The van der Waals surface area contributed by atoms with Crippen molar-refractivity contribution in [3.05, 3.63) is 4.91 Å². The van der Waals surface area contributed by atoms with E-state index in [-0.39, 0.29) is 17.4 Å². The van der Waals surface area contributed by atoms with Crippen LogP contribution in [0.1, 0.15) is 13.8 Å². The lowest BCUT2D eigenvalue weighted by molar-refractivity contribution is -0.141. The number of aliphatic carboxylic acids is 2. The standard InChI is InChI=1S/C5H8N2O4S.C5H9NO3S/c1-3(8)6-4(5(9)10)2-12-7-11;1-3(7)6-4(2-10)5(8)9/h4H,2H2,1H3,(H,6,8)(H,9,10);4,10H,2H2,1H3,(H,6,7)(H,8,9)/t2*4-/m00/s1. The van der Waals surface area contributed by atoms with E-state index in [4.69, 9.17) is 10.2 Å². The Hall–Kier alpha value is -1.82. The predicted octanol–water partition coefficient (Wildman–Crippen LogP) is -0.504. The molecule has 0 rings (SSSR count). The van der Waals surface area contributed by atoms with Crippen LogP contribution in [0.2, 0.25) is 0 Å². The van der Waals surface area contributed by atoms with Crippen LogP contribution in [0.5, 0.6) is 0 Å². The number of thiol groups is 1. The normalized spacial score (nSPS) is 12.0. The van der Waals surface area contributed by atoms with Gasteiger partial charge in [-0.05, 0) is 0 Å². The van der Waals surface area contributed by atoms with Gasteiger partial charge in [0.25, 0.3) is 0 Å². The van der Waals surface area contributed by atoms with Crippen molar-refractivity contribution in [3.63, 3.8) is 0 Å². The number of nitroso groups, excluding NO2 is 1. The first-order valence-corrected chi connectivity index (χ1v) is 7.28. The summed E-state index contributed by atoms with van der Waals surface area (Å²) in [7, 11) is 0. The summed E-state index contributed by atoms with van der Waals surface area (Å²) in [6.07, 6.45) is 0. The van der Waals surface area contributed by atoms with Crippen molar-refractivity contribution in [2.75, 3.05) is 11.5 Å². The summed E-state index contributed by atoms with van der Waals surface area (Å²) in [5, 5.41) is 21.2. The molecule has 22 heavy (non-hydrogen) atoms. The Morgan fingerprint density at radius 3 is 1.68 bits per heavy atom. The van der Waals surface area contributed by atoms with Crippen molar-refractivity contribution in [1.29, 1.82) is 0 Å². The third-order valence-electron chi connectivity index (χ3n) is 1.83. The van der Waals surface area contributed by atoms with Crippen molar-refractivity contribution in [2.24, 2.45) is 4.58 Å². The highest BCUT2D eigenvalue weighted by atomic mass is 32.2. The van der Waals surface area contributed by atoms with E-state index < -0.39 is 29.9 Å². The molecule has 0 aliphatic rings. The molecule has 12 heteroatoms. The number of amides is 2. The van der Waals surface area contributed by atoms with Gasteiger partial charge in [-0.15, -0.1) is 4.91 Å². The molecule has 126 valence electrons. The van der Waals surface area contributed by atoms with Gasteiger partial charge in [-0.3, -0.25) is 9.59 Å². The smallest absolute Gasteiger partial charge is 0.327 e. The van der Waals surface area contributed by atoms with Crippen LogP contribution in [-0.4, -0.2) is 57.6 Å². The molecule has 0 heterocycles. The Balaban J connectivity index is 0. The summed E-state index contributed by atoms with van der Waals surface area (Å²) in [6.45, 7) is 2.47. The van der Waals surface area contributed by atoms with Crippen LogP contribution in [0.4, 0.5) is 0 Å². The molecule has 0 unspecified atom stereocenters. The number of carbonyl (C=O) groups is 4. The zero-order valence-electron chi connectivity index (χ0n) is 11.8. The minimum Gasteiger partial charge on any atom is -0.480 e. The number of nitrogens with one attached hydrogen (secondary N) is 2. The summed E-state index contributed by atoms with van der Waals surface area (Å²) in [5.41, 5.74) is 0. The third-order valence-corrected chi connectivity index (χ3v) is 2.78. The first-order valence-electron chi connectivity index (χ1n) is 5.70. The number of hydrogen-bond donors (Lipinski definition) is 5. The van der Waals surface area contributed by atoms with Crippen LogP contribution in [-0.2, 0) is 19.2 Å². The van der Waals surface area contributed by atoms with Crippen molar-refractivity contribution in [1.82, 2.24) is 10.6 Å². The van der Waals surface area contributed by atoms with Crippen molar-refractivity contribution < 1.29 is 29.4 Å². The minimum absolute atomic E-state index is 0.0571. The number of carboxylic acid groups (broad SMARTS) is 2. The predicted molar refractivity (Wildman–Crippen MR) is 82.6 cm³/mol. The zero-order chi connectivity index (χ0) is 17.7. The number of rotatable bonds is 8. The molecule has 0 fully saturated rings. The van der Waals surface area contributed by atoms with E-state index in [2.05, 4.69) is 27.8 Å². The van der Waals surface area contributed by atoms with Gasteiger partial charge in [-0.1, -0.05) is 0 Å². The van der Waals surface area contributed by atoms with Gasteiger partial charge in [0.1, 0.15) is 12.1 Å². The highest BCUT2D eigenvalue weighted by Gasteiger charge is 2.18. The molecule has 0 aliphatic heterocycles. The lowest BCUT2D eigenvalue weighted by Gasteiger charge is -2.09. The average molecular weight is 355 g/mol. The largest absolute Gasteiger partial charge is 0.480 e. The molecule has 0 aliphatic carbocycles. The molecule has 2 amide bonds. The van der Waals surface area contributed by atoms with Crippen LogP contribution < -0.4 is 10.6 Å². The topological polar surface area (TPSA) is 162 Å². The first kappa shape index (κ1) is 22.5. The van der Waals surface area contributed by atoms with Crippen LogP contribution in [0.3, 0.4) is 0 Å². The molecule has 0 bridgehead atoms. The van der Waals surface area contributed by atoms with Crippen LogP contribution >= 0.6 is 24.6 Å². The average Bonchev–Trinajstić information content (AvgIpc) is 2.40. The maximum atomic E-state index is 10.4. The van der Waals surface area contributed by atoms with Crippen LogP contribution in [0.25, 0.3) is 0 Å². The van der Waals surface area contributed by atoms with Crippen LogP contribution in [0, 0.1) is 4.91 Å². The fourth-order valence-corrected chi connectivity index (χ4v) is 1.64. The molecule has 0 aromatic heterocycles. The van der Waals surface area contributed by atoms with E-state index in [1.165, 1.54) is 13.8 Å². The summed E-state index contributed by atoms with van der Waals surface area (Å²) < 4.78 is 2.42. The maximum Gasteiger partial charge on any atom is 0.327 e. The number of carboxylic acids is 2. The third kappa shape index (κ3) is 13.2. The lowest BCUT2D eigenvalue weighted by atomic mass is 10.3. The highest BCUT2D eigenvalue weighted by Crippen LogP contribution is 2.03. The SMILES string of the molecule is CC(=O)N[C@@H](CS)C(=O)O.CC(=O)N[C@@H](CSN=O)C(=O)O. The monoisotopic (exact) mass is 355 g/mol. The Labute approximate surface area is 135 Å². The molecule has 0 aromatic rings. The fourth-order valence-electron chi connectivity index (χ4n) is 0.956. The zero-order valence-corrected chi connectivity index (χ0v) is 13.5. The van der Waals surface area contributed by atoms with Gasteiger partial charge >= 0.3 is 11.9 Å². The van der Waals surface area contributed by atoms with Gasteiger partial charge in [-0.2, -0.15) is 12.6 Å².